The number of thioether (sulfide) groups is 20. The van der Waals surface area contributed by atoms with Crippen molar-refractivity contribution in [1.82, 2.24) is 39.9 Å². The zero-order valence-electron chi connectivity index (χ0n) is 57.6. The Labute approximate surface area is 722 Å². The van der Waals surface area contributed by atoms with Crippen LogP contribution in [0.1, 0.15) is 107 Å². The second kappa shape index (κ2) is 36.0. The molecule has 0 saturated heterocycles. The molecule has 0 unspecified atom stereocenters. The average molecular weight is 1870 g/mol. The molecular formula is C72H64CoN8S24. The molecule has 0 amide bonds. The van der Waals surface area contributed by atoms with Gasteiger partial charge in [-0.2, -0.15) is 0 Å². The van der Waals surface area contributed by atoms with Crippen molar-refractivity contribution in [2.75, 3.05) is 46.0 Å². The summed E-state index contributed by atoms with van der Waals surface area (Å²) in [6.07, 6.45) is 9.19. The molecule has 7 aromatic heterocycles. The van der Waals surface area contributed by atoms with E-state index in [1.807, 2.05) is 281 Å². The third-order valence-electron chi connectivity index (χ3n) is 15.9. The van der Waals surface area contributed by atoms with Crippen LogP contribution in [-0.2, 0) is 16.8 Å². The van der Waals surface area contributed by atoms with Crippen LogP contribution in [0.5, 0.6) is 0 Å². The molecule has 6 aliphatic rings. The molecule has 11 aromatic rings. The molecule has 0 spiro atoms. The van der Waals surface area contributed by atoms with E-state index in [4.69, 9.17) is 39.9 Å². The Morgan fingerprint density at radius 1 is 0.248 bits per heavy atom. The maximum Gasteiger partial charge on any atom is 2.00 e. The number of hydrogen-bond donors (Lipinski definition) is 0. The molecule has 17 rings (SSSR count). The van der Waals surface area contributed by atoms with Crippen LogP contribution in [0.2, 0.25) is 0 Å². The van der Waals surface area contributed by atoms with Crippen molar-refractivity contribution in [2.45, 2.75) is 126 Å². The fourth-order valence-electron chi connectivity index (χ4n) is 11.2. The molecule has 4 aromatic carbocycles. The molecule has 33 heteroatoms. The van der Waals surface area contributed by atoms with Gasteiger partial charge in [0.1, 0.15) is 7.69 Å². The fourth-order valence-corrected chi connectivity index (χ4v) is 45.4. The summed E-state index contributed by atoms with van der Waals surface area (Å²) in [5, 5.41) is 7.44. The Balaban J connectivity index is 0.00000847. The Morgan fingerprint density at radius 3 is 0.657 bits per heavy atom. The third-order valence-corrected chi connectivity index (χ3v) is 51.8. The number of aromatic nitrogens is 8. The standard InChI is InChI=1S/C72H64N8S24.Co/c1-9-17-81-57-58(82-18-10-2)98-69(97-57)65-89-41-25-33-34(26-42(41)90-65)50-73-49(33)77-51-35-27-43-45(93-66(91-43)70-99-59(83-19-11-3)60(100-70)84-20-12-4)29-37(35)53(74-51)79-55-39-31-47-48(96-68(95-47)72-103-63(87-23-15-7)64(104-72)88-24-16-8)32-40(39)56(76-55)80-54-38-30-46-44(28-36(38)52(75-54)78-50)92-67(94-46)71-101-61(85-21-13-5)62(102-71)86-22-14-6;/h25-32H,9-24H2,1-8H3;/q-2;+2. The van der Waals surface area contributed by atoms with Gasteiger partial charge in [0.05, 0.1) is 81.9 Å². The molecule has 0 aliphatic carbocycles. The van der Waals surface area contributed by atoms with Crippen molar-refractivity contribution in [3.05, 3.63) is 107 Å². The molecule has 8 bridgehead atoms. The molecule has 0 saturated carbocycles. The summed E-state index contributed by atoms with van der Waals surface area (Å²) in [5.41, 5.74) is 4.60. The zero-order valence-corrected chi connectivity index (χ0v) is 78.3. The number of hydrogen-bond acceptors (Lipinski definition) is 30. The van der Waals surface area contributed by atoms with Gasteiger partial charge in [0.15, 0.2) is 0 Å². The van der Waals surface area contributed by atoms with E-state index in [-0.39, 0.29) is 16.8 Å². The Morgan fingerprint density at radius 2 is 0.448 bits per heavy atom. The van der Waals surface area contributed by atoms with Gasteiger partial charge in [-0.15, -0.1) is 139 Å². The number of nitrogens with zero attached hydrogens (tertiary/aromatic N) is 8. The van der Waals surface area contributed by atoms with Crippen LogP contribution in [0, 0.1) is 0 Å². The van der Waals surface area contributed by atoms with E-state index >= 15 is 0 Å². The van der Waals surface area contributed by atoms with Crippen LogP contribution in [0.4, 0.5) is 0 Å². The quantitative estimate of drug-likeness (QED) is 0.0572. The van der Waals surface area contributed by atoms with Gasteiger partial charge in [0, 0.05) is 82.5 Å². The first kappa shape index (κ1) is 79.4. The van der Waals surface area contributed by atoms with Crippen molar-refractivity contribution >= 4 is 396 Å². The van der Waals surface area contributed by atoms with Gasteiger partial charge in [0.2, 0.25) is 0 Å². The van der Waals surface area contributed by atoms with Gasteiger partial charge in [-0.1, -0.05) is 197 Å². The minimum atomic E-state index is 0. The molecule has 545 valence electrons. The van der Waals surface area contributed by atoms with Crippen LogP contribution < -0.4 is 17.7 Å². The first-order valence-corrected chi connectivity index (χ1v) is 55.3. The summed E-state index contributed by atoms with van der Waals surface area (Å²) in [4.78, 5) is 49.7. The molecule has 0 N–H and O–H groups in total. The topological polar surface area (TPSA) is 106 Å². The largest absolute Gasteiger partial charge is 2.00 e. The molecule has 0 fully saturated rings. The van der Waals surface area contributed by atoms with E-state index < -0.39 is 0 Å². The molecular weight excluding hydrogens is 1810 g/mol. The van der Waals surface area contributed by atoms with E-state index in [1.165, 1.54) is 105 Å². The van der Waals surface area contributed by atoms with E-state index in [0.29, 0.717) is 45.2 Å². The van der Waals surface area contributed by atoms with Crippen LogP contribution in [-0.4, -0.2) is 75.9 Å². The molecule has 1 radical (unpaired) electrons. The SMILES string of the molecule is CCCSC1=C(SCCC)SC(=C2Sc3cc4c5nc6nc(nc7[n-]c(nc8nc(nc([n-]5)c4cc3S2)c2cc3sc(=C4SC(SCCC)=C(SCCC)S4)sc3cc82)c2cc3c(cc72)SC(=C2SC(SCCC)=C(SCCC)S2)S3)c2cc3sc(=C4SC(SCCC)=C(SCCC)S4)sc3cc62)S1.[Co+2]. The predicted molar refractivity (Wildman–Crippen MR) is 507 cm³/mol. The normalized spacial score (nSPS) is 16.5. The summed E-state index contributed by atoms with van der Waals surface area (Å²) in [5.74, 6) is 8.95. The van der Waals surface area contributed by atoms with Gasteiger partial charge < -0.3 is 29.9 Å². The van der Waals surface area contributed by atoms with Crippen molar-refractivity contribution in [1.29, 1.82) is 0 Å². The van der Waals surface area contributed by atoms with Crippen LogP contribution in [0.25, 0.3) is 116 Å². The zero-order chi connectivity index (χ0) is 70.7. The Bertz CT molecular complexity index is 5140. The summed E-state index contributed by atoms with van der Waals surface area (Å²) >= 11 is 46.8. The van der Waals surface area contributed by atoms with Crippen LogP contribution in [0.15, 0.2) is 119 Å². The molecule has 6 aliphatic heterocycles. The number of rotatable bonds is 24. The second-order valence-corrected chi connectivity index (χ2v) is 53.4. The maximum atomic E-state index is 5.68. The molecule has 8 nitrogen and oxygen atoms in total. The van der Waals surface area contributed by atoms with Crippen molar-refractivity contribution in [2.24, 2.45) is 0 Å². The van der Waals surface area contributed by atoms with Crippen molar-refractivity contribution in [3.63, 3.8) is 0 Å². The van der Waals surface area contributed by atoms with E-state index in [0.717, 1.165) is 140 Å². The summed E-state index contributed by atoms with van der Waals surface area (Å²) in [6, 6.07) is 18.6. The summed E-state index contributed by atoms with van der Waals surface area (Å²) < 4.78 is 27.2. The van der Waals surface area contributed by atoms with Gasteiger partial charge >= 0.3 is 16.8 Å². The second-order valence-electron chi connectivity index (χ2n) is 23.9. The van der Waals surface area contributed by atoms with Crippen molar-refractivity contribution in [3.8, 4) is 0 Å². The van der Waals surface area contributed by atoms with Gasteiger partial charge in [-0.05, 0) is 167 Å². The predicted octanol–water partition coefficient (Wildman–Crippen LogP) is 29.8. The smallest absolute Gasteiger partial charge is 0.357 e. The van der Waals surface area contributed by atoms with Crippen LogP contribution >= 0.6 is 281 Å². The van der Waals surface area contributed by atoms with E-state index in [2.05, 4.69) is 104 Å². The van der Waals surface area contributed by atoms with E-state index in [9.17, 15) is 0 Å². The summed E-state index contributed by atoms with van der Waals surface area (Å²) in [6.45, 7) is 18.2. The minimum absolute atomic E-state index is 0. The average Bonchev–Trinajstić information content (AvgIpc) is 1.58. The van der Waals surface area contributed by atoms with Crippen LogP contribution in [0.3, 0.4) is 0 Å². The Kier molecular flexibility index (Phi) is 27.2. The molecule has 0 atom stereocenters. The van der Waals surface area contributed by atoms with E-state index in [1.54, 1.807) is 0 Å². The van der Waals surface area contributed by atoms with Crippen molar-refractivity contribution < 1.29 is 16.8 Å². The Hall–Kier alpha value is 0.546. The monoisotopic (exact) mass is 1870 g/mol. The third kappa shape index (κ3) is 16.7. The first-order chi connectivity index (χ1) is 51.1. The number of fused-ring (bicyclic) bond motifs is 24. The summed E-state index contributed by atoms with van der Waals surface area (Å²) in [7, 11) is 0. The van der Waals surface area contributed by atoms with Gasteiger partial charge in [-0.3, -0.25) is 0 Å². The molecule has 105 heavy (non-hydrogen) atoms. The first-order valence-electron chi connectivity index (χ1n) is 34.3. The molecule has 13 heterocycles. The van der Waals surface area contributed by atoms with Gasteiger partial charge in [-0.25, -0.2) is 9.97 Å². The number of benzene rings is 4. The van der Waals surface area contributed by atoms with Gasteiger partial charge in [0.25, 0.3) is 0 Å². The minimum Gasteiger partial charge on any atom is -0.357 e. The fraction of sp³-hybridized carbons (Fsp3) is 0.333. The maximum absolute atomic E-state index is 5.68.